The molecule has 0 aliphatic carbocycles. The van der Waals surface area contributed by atoms with E-state index in [1.807, 2.05) is 0 Å². The Bertz CT molecular complexity index is 384. The summed E-state index contributed by atoms with van der Waals surface area (Å²) in [5.41, 5.74) is 5.41. The predicted octanol–water partition coefficient (Wildman–Crippen LogP) is 2.05. The molecule has 0 amide bonds. The van der Waals surface area contributed by atoms with Gasteiger partial charge in [0.15, 0.2) is 0 Å². The van der Waals surface area contributed by atoms with Crippen molar-refractivity contribution in [3.63, 3.8) is 0 Å². The second-order valence-electron chi connectivity index (χ2n) is 2.68. The Kier molecular flexibility index (Phi) is 4.19. The Balaban J connectivity index is 3.20. The number of pyridine rings is 1. The summed E-state index contributed by atoms with van der Waals surface area (Å²) >= 11 is 1.76. The van der Waals surface area contributed by atoms with Gasteiger partial charge in [-0.1, -0.05) is 0 Å². The smallest absolute Gasteiger partial charge is 0.496 e. The number of halogens is 4. The molecule has 0 aromatic carbocycles. The lowest BCUT2D eigenvalue weighted by molar-refractivity contribution is -0.276. The van der Waals surface area contributed by atoms with Crippen molar-refractivity contribution in [1.29, 1.82) is 0 Å². The van der Waals surface area contributed by atoms with E-state index in [1.54, 1.807) is 22.6 Å². The van der Waals surface area contributed by atoms with Gasteiger partial charge in [0.1, 0.15) is 9.45 Å². The van der Waals surface area contributed by atoms with Crippen LogP contribution in [-0.4, -0.2) is 18.5 Å². The van der Waals surface area contributed by atoms with Crippen molar-refractivity contribution in [3.8, 4) is 11.6 Å². The third-order valence-corrected chi connectivity index (χ3v) is 2.20. The maximum atomic E-state index is 12.1. The molecule has 0 aliphatic rings. The zero-order valence-electron chi connectivity index (χ0n) is 8.14. The average Bonchev–Trinajstić information content (AvgIpc) is 2.14. The fourth-order valence-electron chi connectivity index (χ4n) is 1.06. The zero-order valence-corrected chi connectivity index (χ0v) is 10.3. The van der Waals surface area contributed by atoms with Gasteiger partial charge in [-0.05, 0) is 22.6 Å². The van der Waals surface area contributed by atoms with Crippen LogP contribution >= 0.6 is 22.6 Å². The van der Waals surface area contributed by atoms with Gasteiger partial charge in [0.05, 0.1) is 12.7 Å². The average molecular weight is 348 g/mol. The molecule has 0 fully saturated rings. The Morgan fingerprint density at radius 1 is 1.50 bits per heavy atom. The Labute approximate surface area is 103 Å². The van der Waals surface area contributed by atoms with Gasteiger partial charge < -0.3 is 15.2 Å². The number of nitrogens with zero attached hydrogens (tertiary/aromatic N) is 1. The van der Waals surface area contributed by atoms with Gasteiger partial charge in [0.25, 0.3) is 0 Å². The summed E-state index contributed by atoms with van der Waals surface area (Å²) in [6, 6.07) is 1.48. The fraction of sp³-hybridized carbons (Fsp3) is 0.375. The molecule has 0 aliphatic heterocycles. The second kappa shape index (κ2) is 5.04. The molecule has 4 nitrogen and oxygen atoms in total. The molecule has 90 valence electrons. The van der Waals surface area contributed by atoms with Crippen LogP contribution in [0.3, 0.4) is 0 Å². The number of nitrogens with two attached hydrogens (primary N) is 1. The molecule has 0 unspecified atom stereocenters. The predicted molar refractivity (Wildman–Crippen MR) is 58.1 cm³/mol. The van der Waals surface area contributed by atoms with Crippen molar-refractivity contribution in [3.05, 3.63) is 15.3 Å². The van der Waals surface area contributed by atoms with Crippen molar-refractivity contribution >= 4 is 22.6 Å². The standard InChI is InChI=1S/C8H8F3IN2O2/c1-15-5-2-6(12)14-7(4(5)3-13)16-8(9,10)11/h2H,3,13H2,1H3. The SMILES string of the molecule is COc1cc(I)nc(OC(F)(F)F)c1CN. The van der Waals surface area contributed by atoms with E-state index in [0.29, 0.717) is 3.70 Å². The number of rotatable bonds is 3. The lowest BCUT2D eigenvalue weighted by Gasteiger charge is -2.14. The normalized spacial score (nSPS) is 11.4. The Hall–Kier alpha value is -0.770. The Morgan fingerprint density at radius 2 is 2.12 bits per heavy atom. The number of hydrogen-bond donors (Lipinski definition) is 1. The summed E-state index contributed by atoms with van der Waals surface area (Å²) < 4.78 is 45.2. The van der Waals surface area contributed by atoms with Crippen LogP contribution in [0.1, 0.15) is 5.56 Å². The van der Waals surface area contributed by atoms with Crippen LogP contribution in [0.25, 0.3) is 0 Å². The van der Waals surface area contributed by atoms with Crippen LogP contribution in [0.2, 0.25) is 0 Å². The van der Waals surface area contributed by atoms with Crippen molar-refractivity contribution in [2.45, 2.75) is 12.9 Å². The summed E-state index contributed by atoms with van der Waals surface area (Å²) in [6.45, 7) is -0.154. The number of alkyl halides is 3. The molecule has 0 radical (unpaired) electrons. The highest BCUT2D eigenvalue weighted by Gasteiger charge is 2.33. The summed E-state index contributed by atoms with van der Waals surface area (Å²) in [5, 5.41) is 0. The maximum Gasteiger partial charge on any atom is 0.574 e. The monoisotopic (exact) mass is 348 g/mol. The highest BCUT2D eigenvalue weighted by Crippen LogP contribution is 2.31. The van der Waals surface area contributed by atoms with Gasteiger partial charge in [-0.15, -0.1) is 13.2 Å². The van der Waals surface area contributed by atoms with Crippen LogP contribution in [-0.2, 0) is 6.54 Å². The third-order valence-electron chi connectivity index (χ3n) is 1.65. The first-order valence-corrected chi connectivity index (χ1v) is 5.14. The van der Waals surface area contributed by atoms with E-state index in [-0.39, 0.29) is 17.9 Å². The third kappa shape index (κ3) is 3.37. The van der Waals surface area contributed by atoms with Gasteiger partial charge >= 0.3 is 6.36 Å². The molecule has 0 atom stereocenters. The van der Waals surface area contributed by atoms with E-state index in [1.165, 1.54) is 13.2 Å². The first-order valence-electron chi connectivity index (χ1n) is 4.06. The van der Waals surface area contributed by atoms with E-state index in [9.17, 15) is 13.2 Å². The van der Waals surface area contributed by atoms with Gasteiger partial charge in [-0.3, -0.25) is 0 Å². The summed E-state index contributed by atoms with van der Waals surface area (Å²) in [5.74, 6) is -0.347. The van der Waals surface area contributed by atoms with Gasteiger partial charge in [0.2, 0.25) is 5.88 Å². The molecular weight excluding hydrogens is 340 g/mol. The highest BCUT2D eigenvalue weighted by atomic mass is 127. The fourth-order valence-corrected chi connectivity index (χ4v) is 1.56. The first-order chi connectivity index (χ1) is 7.37. The van der Waals surface area contributed by atoms with Crippen molar-refractivity contribution in [2.24, 2.45) is 5.73 Å². The first kappa shape index (κ1) is 13.3. The topological polar surface area (TPSA) is 57.4 Å². The van der Waals surface area contributed by atoms with Gasteiger partial charge in [-0.2, -0.15) is 0 Å². The van der Waals surface area contributed by atoms with Crippen LogP contribution in [0.15, 0.2) is 6.07 Å². The Morgan fingerprint density at radius 3 is 2.56 bits per heavy atom. The van der Waals surface area contributed by atoms with Crippen LogP contribution in [0.5, 0.6) is 11.6 Å². The van der Waals surface area contributed by atoms with E-state index in [4.69, 9.17) is 10.5 Å². The molecule has 8 heteroatoms. The largest absolute Gasteiger partial charge is 0.574 e. The number of aromatic nitrogens is 1. The molecule has 0 bridgehead atoms. The maximum absolute atomic E-state index is 12.1. The number of hydrogen-bond acceptors (Lipinski definition) is 4. The van der Waals surface area contributed by atoms with E-state index in [2.05, 4.69) is 9.72 Å². The second-order valence-corrected chi connectivity index (χ2v) is 3.79. The number of methoxy groups -OCH3 is 1. The highest BCUT2D eigenvalue weighted by molar-refractivity contribution is 14.1. The number of ether oxygens (including phenoxy) is 2. The lowest BCUT2D eigenvalue weighted by atomic mass is 10.2. The van der Waals surface area contributed by atoms with Crippen molar-refractivity contribution in [2.75, 3.05) is 7.11 Å². The molecule has 0 saturated carbocycles. The molecule has 16 heavy (non-hydrogen) atoms. The quantitative estimate of drug-likeness (QED) is 0.671. The lowest BCUT2D eigenvalue weighted by Crippen LogP contribution is -2.20. The molecule has 0 saturated heterocycles. The van der Waals surface area contributed by atoms with Crippen molar-refractivity contribution < 1.29 is 22.6 Å². The van der Waals surface area contributed by atoms with Gasteiger partial charge in [-0.25, -0.2) is 4.98 Å². The van der Waals surface area contributed by atoms with Gasteiger partial charge in [0, 0.05) is 12.6 Å². The van der Waals surface area contributed by atoms with Crippen LogP contribution in [0.4, 0.5) is 13.2 Å². The summed E-state index contributed by atoms with van der Waals surface area (Å²) in [7, 11) is 1.34. The van der Waals surface area contributed by atoms with E-state index >= 15 is 0 Å². The molecule has 1 heterocycles. The van der Waals surface area contributed by atoms with Crippen LogP contribution < -0.4 is 15.2 Å². The van der Waals surface area contributed by atoms with Crippen molar-refractivity contribution in [1.82, 2.24) is 4.98 Å². The summed E-state index contributed by atoms with van der Waals surface area (Å²) in [4.78, 5) is 3.62. The van der Waals surface area contributed by atoms with E-state index < -0.39 is 12.2 Å². The van der Waals surface area contributed by atoms with Crippen LogP contribution in [0, 0.1) is 3.70 Å². The molecule has 0 spiro atoms. The minimum atomic E-state index is -4.80. The minimum Gasteiger partial charge on any atom is -0.496 e. The molecule has 1 aromatic rings. The van der Waals surface area contributed by atoms with E-state index in [0.717, 1.165) is 0 Å². The molecule has 1 aromatic heterocycles. The molecule has 1 rings (SSSR count). The summed E-state index contributed by atoms with van der Waals surface area (Å²) in [6.07, 6.45) is -4.80. The molecule has 2 N–H and O–H groups in total. The zero-order chi connectivity index (χ0) is 12.3. The minimum absolute atomic E-state index is 0.0836. The molecular formula is C8H8F3IN2O2.